The first-order valence-electron chi connectivity index (χ1n) is 5.07. The number of hydrogen-bond donors (Lipinski definition) is 0. The van der Waals surface area contributed by atoms with Crippen LogP contribution in [0.2, 0.25) is 0 Å². The standard InChI is InChI=1S/C12H15NO2/c1-8-11(14)9-6-4-5-7-10(9)15-12(8)13(2)3/h4-8,12H,1-3H3. The van der Waals surface area contributed by atoms with Crippen LogP contribution in [-0.2, 0) is 0 Å². The third-order valence-electron chi connectivity index (χ3n) is 2.75. The smallest absolute Gasteiger partial charge is 0.174 e. The van der Waals surface area contributed by atoms with Gasteiger partial charge in [-0.25, -0.2) is 0 Å². The molecule has 0 aromatic heterocycles. The van der Waals surface area contributed by atoms with Crippen molar-refractivity contribution in [2.75, 3.05) is 14.1 Å². The maximum absolute atomic E-state index is 12.0. The van der Waals surface area contributed by atoms with Crippen molar-refractivity contribution in [2.24, 2.45) is 5.92 Å². The monoisotopic (exact) mass is 205 g/mol. The highest BCUT2D eigenvalue weighted by atomic mass is 16.5. The van der Waals surface area contributed by atoms with Crippen molar-refractivity contribution in [1.82, 2.24) is 4.90 Å². The van der Waals surface area contributed by atoms with Crippen LogP contribution in [0.1, 0.15) is 17.3 Å². The van der Waals surface area contributed by atoms with Crippen LogP contribution in [0.3, 0.4) is 0 Å². The zero-order chi connectivity index (χ0) is 11.0. The molecule has 0 radical (unpaired) electrons. The summed E-state index contributed by atoms with van der Waals surface area (Å²) in [6.07, 6.45) is -0.160. The van der Waals surface area contributed by atoms with Gasteiger partial charge in [0.15, 0.2) is 12.0 Å². The second kappa shape index (κ2) is 3.66. The average Bonchev–Trinajstić information content (AvgIpc) is 2.23. The summed E-state index contributed by atoms with van der Waals surface area (Å²) in [4.78, 5) is 14.0. The number of ether oxygens (including phenoxy) is 1. The molecular weight excluding hydrogens is 190 g/mol. The molecule has 2 atom stereocenters. The quantitative estimate of drug-likeness (QED) is 0.700. The molecule has 2 rings (SSSR count). The van der Waals surface area contributed by atoms with Crippen LogP contribution in [-0.4, -0.2) is 31.0 Å². The Hall–Kier alpha value is -1.35. The molecule has 1 aromatic rings. The topological polar surface area (TPSA) is 29.5 Å². The lowest BCUT2D eigenvalue weighted by Gasteiger charge is -2.34. The molecular formula is C12H15NO2. The maximum atomic E-state index is 12.0. The van der Waals surface area contributed by atoms with Gasteiger partial charge in [0, 0.05) is 0 Å². The molecule has 3 heteroatoms. The number of fused-ring (bicyclic) bond motifs is 1. The van der Waals surface area contributed by atoms with Crippen LogP contribution in [0, 0.1) is 5.92 Å². The lowest BCUT2D eigenvalue weighted by atomic mass is 9.94. The number of hydrogen-bond acceptors (Lipinski definition) is 3. The van der Waals surface area contributed by atoms with Crippen molar-refractivity contribution in [3.63, 3.8) is 0 Å². The highest BCUT2D eigenvalue weighted by Crippen LogP contribution is 2.30. The molecule has 0 saturated heterocycles. The Morgan fingerprint density at radius 1 is 1.27 bits per heavy atom. The summed E-state index contributed by atoms with van der Waals surface area (Å²) in [6, 6.07) is 7.41. The Morgan fingerprint density at radius 3 is 2.60 bits per heavy atom. The number of Topliss-reactive ketones (excluding diaryl/α,β-unsaturated/α-hetero) is 1. The fourth-order valence-electron chi connectivity index (χ4n) is 1.93. The van der Waals surface area contributed by atoms with E-state index in [-0.39, 0.29) is 17.9 Å². The van der Waals surface area contributed by atoms with E-state index in [9.17, 15) is 4.79 Å². The second-order valence-corrected chi connectivity index (χ2v) is 4.12. The normalized spacial score (nSPS) is 24.9. The minimum absolute atomic E-state index is 0.116. The SMILES string of the molecule is CC1C(=O)c2ccccc2OC1N(C)C. The minimum atomic E-state index is -0.160. The number of benzene rings is 1. The van der Waals surface area contributed by atoms with Gasteiger partial charge in [-0.3, -0.25) is 9.69 Å². The van der Waals surface area contributed by atoms with Crippen molar-refractivity contribution in [3.8, 4) is 5.75 Å². The summed E-state index contributed by atoms with van der Waals surface area (Å²) in [5.41, 5.74) is 0.697. The Bertz CT molecular complexity index is 387. The third kappa shape index (κ3) is 1.63. The number of rotatable bonds is 1. The maximum Gasteiger partial charge on any atom is 0.174 e. The minimum Gasteiger partial charge on any atom is -0.474 e. The summed E-state index contributed by atoms with van der Waals surface area (Å²) in [5, 5.41) is 0. The van der Waals surface area contributed by atoms with Crippen LogP contribution in [0.15, 0.2) is 24.3 Å². The third-order valence-corrected chi connectivity index (χ3v) is 2.75. The van der Waals surface area contributed by atoms with Gasteiger partial charge in [0.25, 0.3) is 0 Å². The zero-order valence-electron chi connectivity index (χ0n) is 9.23. The number of nitrogens with zero attached hydrogens (tertiary/aromatic N) is 1. The molecule has 0 saturated carbocycles. The van der Waals surface area contributed by atoms with Gasteiger partial charge in [0.1, 0.15) is 5.75 Å². The van der Waals surface area contributed by atoms with Gasteiger partial charge < -0.3 is 4.74 Å². The van der Waals surface area contributed by atoms with Crippen LogP contribution < -0.4 is 4.74 Å². The molecule has 0 bridgehead atoms. The van der Waals surface area contributed by atoms with Gasteiger partial charge >= 0.3 is 0 Å². The molecule has 0 aliphatic carbocycles. The lowest BCUT2D eigenvalue weighted by molar-refractivity contribution is 0.0105. The average molecular weight is 205 g/mol. The zero-order valence-corrected chi connectivity index (χ0v) is 9.23. The largest absolute Gasteiger partial charge is 0.474 e. The van der Waals surface area contributed by atoms with E-state index in [0.717, 1.165) is 0 Å². The van der Waals surface area contributed by atoms with Crippen LogP contribution in [0.25, 0.3) is 0 Å². The van der Waals surface area contributed by atoms with Gasteiger partial charge in [0.2, 0.25) is 0 Å². The van der Waals surface area contributed by atoms with Crippen molar-refractivity contribution >= 4 is 5.78 Å². The van der Waals surface area contributed by atoms with Crippen molar-refractivity contribution in [2.45, 2.75) is 13.2 Å². The van der Waals surface area contributed by atoms with Crippen molar-refractivity contribution in [1.29, 1.82) is 0 Å². The Morgan fingerprint density at radius 2 is 1.93 bits per heavy atom. The van der Waals surface area contributed by atoms with Gasteiger partial charge in [-0.2, -0.15) is 0 Å². The molecule has 3 nitrogen and oxygen atoms in total. The molecule has 80 valence electrons. The van der Waals surface area contributed by atoms with Gasteiger partial charge in [0.05, 0.1) is 11.5 Å². The summed E-state index contributed by atoms with van der Waals surface area (Å²) < 4.78 is 5.78. The number of para-hydroxylation sites is 1. The molecule has 0 N–H and O–H groups in total. The first-order valence-corrected chi connectivity index (χ1v) is 5.07. The van der Waals surface area contributed by atoms with Crippen molar-refractivity contribution < 1.29 is 9.53 Å². The van der Waals surface area contributed by atoms with E-state index in [0.29, 0.717) is 11.3 Å². The molecule has 1 aliphatic heterocycles. The van der Waals surface area contributed by atoms with Crippen LogP contribution in [0.5, 0.6) is 5.75 Å². The van der Waals surface area contributed by atoms with E-state index in [4.69, 9.17) is 4.74 Å². The molecule has 0 spiro atoms. The highest BCUT2D eigenvalue weighted by molar-refractivity contribution is 6.01. The molecule has 2 unspecified atom stereocenters. The van der Waals surface area contributed by atoms with E-state index >= 15 is 0 Å². The Labute approximate surface area is 89.7 Å². The predicted octanol–water partition coefficient (Wildman–Crippen LogP) is 1.79. The lowest BCUT2D eigenvalue weighted by Crippen LogP contribution is -2.45. The summed E-state index contributed by atoms with van der Waals surface area (Å²) >= 11 is 0. The van der Waals surface area contributed by atoms with Gasteiger partial charge in [-0.15, -0.1) is 0 Å². The summed E-state index contributed by atoms with van der Waals surface area (Å²) in [5.74, 6) is 0.741. The van der Waals surface area contributed by atoms with Gasteiger partial charge in [-0.1, -0.05) is 19.1 Å². The van der Waals surface area contributed by atoms with Gasteiger partial charge in [-0.05, 0) is 26.2 Å². The fraction of sp³-hybridized carbons (Fsp3) is 0.417. The molecule has 0 fully saturated rings. The van der Waals surface area contributed by atoms with Crippen molar-refractivity contribution in [3.05, 3.63) is 29.8 Å². The van der Waals surface area contributed by atoms with E-state index in [2.05, 4.69) is 0 Å². The van der Waals surface area contributed by atoms with Crippen LogP contribution in [0.4, 0.5) is 0 Å². The molecule has 1 heterocycles. The summed E-state index contributed by atoms with van der Waals surface area (Å²) in [6.45, 7) is 1.91. The highest BCUT2D eigenvalue weighted by Gasteiger charge is 2.34. The van der Waals surface area contributed by atoms with Crippen LogP contribution >= 0.6 is 0 Å². The number of carbonyl (C=O) groups excluding carboxylic acids is 1. The first kappa shape index (κ1) is 10.2. The van der Waals surface area contributed by atoms with E-state index in [1.807, 2.05) is 50.2 Å². The number of ketones is 1. The Balaban J connectivity index is 2.41. The molecule has 0 amide bonds. The first-order chi connectivity index (χ1) is 7.11. The predicted molar refractivity (Wildman–Crippen MR) is 58.0 cm³/mol. The molecule has 1 aliphatic rings. The Kier molecular flexibility index (Phi) is 2.49. The fourth-order valence-corrected chi connectivity index (χ4v) is 1.93. The van der Waals surface area contributed by atoms with E-state index in [1.165, 1.54) is 0 Å². The van der Waals surface area contributed by atoms with E-state index in [1.54, 1.807) is 0 Å². The number of carbonyl (C=O) groups is 1. The second-order valence-electron chi connectivity index (χ2n) is 4.12. The summed E-state index contributed by atoms with van der Waals surface area (Å²) in [7, 11) is 3.84. The molecule has 1 aromatic carbocycles. The van der Waals surface area contributed by atoms with E-state index < -0.39 is 0 Å². The molecule has 15 heavy (non-hydrogen) atoms.